The van der Waals surface area contributed by atoms with Gasteiger partial charge in [-0.05, 0) is 34.0 Å². The van der Waals surface area contributed by atoms with E-state index in [2.05, 4.69) is 15.9 Å². The number of hydrogen-bond donors (Lipinski definition) is 0. The van der Waals surface area contributed by atoms with Crippen LogP contribution in [0, 0.1) is 12.7 Å². The Balaban J connectivity index is 3.25. The molecule has 1 atom stereocenters. The molecule has 1 nitrogen and oxygen atoms in total. The molecule has 0 heterocycles. The van der Waals surface area contributed by atoms with E-state index >= 15 is 0 Å². The normalized spacial score (nSPS) is 12.6. The van der Waals surface area contributed by atoms with Crippen molar-refractivity contribution < 1.29 is 9.18 Å². The summed E-state index contributed by atoms with van der Waals surface area (Å²) in [6.45, 7) is 3.43. The first kappa shape index (κ1) is 10.4. The second-order valence-corrected chi connectivity index (χ2v) is 3.82. The van der Waals surface area contributed by atoms with Crippen molar-refractivity contribution in [3.05, 3.63) is 33.5 Å². The van der Waals surface area contributed by atoms with Gasteiger partial charge in [-0.2, -0.15) is 0 Å². The van der Waals surface area contributed by atoms with E-state index in [0.717, 1.165) is 6.29 Å². The molecule has 0 aliphatic rings. The summed E-state index contributed by atoms with van der Waals surface area (Å²) in [4.78, 5) is 10.5. The quantitative estimate of drug-likeness (QED) is 0.731. The lowest BCUT2D eigenvalue weighted by atomic mass is 10.0. The Morgan fingerprint density at radius 3 is 2.69 bits per heavy atom. The minimum atomic E-state index is -0.286. The number of benzene rings is 1. The van der Waals surface area contributed by atoms with Crippen LogP contribution in [0.3, 0.4) is 0 Å². The minimum Gasteiger partial charge on any atom is -0.303 e. The molecular formula is C10H10BrFO. The molecule has 1 aromatic carbocycles. The number of carbonyl (C=O) groups is 1. The molecule has 0 saturated carbocycles. The van der Waals surface area contributed by atoms with Gasteiger partial charge in [0.2, 0.25) is 0 Å². The highest BCUT2D eigenvalue weighted by atomic mass is 79.9. The molecule has 1 unspecified atom stereocenters. The second kappa shape index (κ2) is 4.01. The molecule has 0 N–H and O–H groups in total. The molecule has 70 valence electrons. The Hall–Kier alpha value is -0.700. The zero-order valence-corrected chi connectivity index (χ0v) is 9.06. The molecule has 1 aromatic rings. The summed E-state index contributed by atoms with van der Waals surface area (Å²) in [6.07, 6.45) is 0.800. The van der Waals surface area contributed by atoms with E-state index in [0.29, 0.717) is 15.6 Å². The number of aryl methyl sites for hydroxylation is 1. The van der Waals surface area contributed by atoms with Crippen molar-refractivity contribution in [2.45, 2.75) is 19.8 Å². The molecule has 0 aromatic heterocycles. The number of aldehydes is 1. The van der Waals surface area contributed by atoms with Crippen LogP contribution >= 0.6 is 15.9 Å². The monoisotopic (exact) mass is 244 g/mol. The predicted molar refractivity (Wildman–Crippen MR) is 53.3 cm³/mol. The van der Waals surface area contributed by atoms with Gasteiger partial charge in [0.25, 0.3) is 0 Å². The number of rotatable bonds is 2. The standard InChI is InChI=1S/C10H10BrFO/c1-6-3-4-8(7(2)5-13)9(11)10(6)12/h3-5,7H,1-2H3. The molecule has 0 fully saturated rings. The summed E-state index contributed by atoms with van der Waals surface area (Å²) in [5, 5.41) is 0. The van der Waals surface area contributed by atoms with Crippen LogP contribution in [0.4, 0.5) is 4.39 Å². The van der Waals surface area contributed by atoms with Crippen molar-refractivity contribution in [2.24, 2.45) is 0 Å². The molecule has 1 rings (SSSR count). The summed E-state index contributed by atoms with van der Waals surface area (Å²) >= 11 is 3.14. The highest BCUT2D eigenvalue weighted by Crippen LogP contribution is 2.28. The van der Waals surface area contributed by atoms with Crippen molar-refractivity contribution in [3.63, 3.8) is 0 Å². The van der Waals surface area contributed by atoms with Crippen LogP contribution in [0.25, 0.3) is 0 Å². The lowest BCUT2D eigenvalue weighted by molar-refractivity contribution is -0.108. The maximum atomic E-state index is 13.3. The Labute approximate surface area is 85.1 Å². The zero-order valence-electron chi connectivity index (χ0n) is 7.47. The van der Waals surface area contributed by atoms with E-state index in [-0.39, 0.29) is 11.7 Å². The first-order valence-corrected chi connectivity index (χ1v) is 4.77. The van der Waals surface area contributed by atoms with Gasteiger partial charge in [-0.1, -0.05) is 19.1 Å². The second-order valence-electron chi connectivity index (χ2n) is 3.02. The van der Waals surface area contributed by atoms with Gasteiger partial charge in [0.1, 0.15) is 12.1 Å². The lowest BCUT2D eigenvalue weighted by Crippen LogP contribution is -1.98. The van der Waals surface area contributed by atoms with Crippen LogP contribution in [0.15, 0.2) is 16.6 Å². The van der Waals surface area contributed by atoms with E-state index in [1.165, 1.54) is 0 Å². The molecule has 0 saturated heterocycles. The van der Waals surface area contributed by atoms with Gasteiger partial charge in [0.05, 0.1) is 4.47 Å². The Bertz CT molecular complexity index is 336. The SMILES string of the molecule is Cc1ccc(C(C)C=O)c(Br)c1F. The molecule has 0 radical (unpaired) electrons. The van der Waals surface area contributed by atoms with Crippen LogP contribution in [0.1, 0.15) is 24.0 Å². The van der Waals surface area contributed by atoms with Gasteiger partial charge in [0.15, 0.2) is 0 Å². The molecule has 0 aliphatic carbocycles. The zero-order chi connectivity index (χ0) is 10.0. The van der Waals surface area contributed by atoms with Crippen molar-refractivity contribution in [1.82, 2.24) is 0 Å². The Kier molecular flexibility index (Phi) is 3.20. The fraction of sp³-hybridized carbons (Fsp3) is 0.300. The fourth-order valence-corrected chi connectivity index (χ4v) is 1.89. The van der Waals surface area contributed by atoms with Crippen molar-refractivity contribution >= 4 is 22.2 Å². The maximum absolute atomic E-state index is 13.3. The average molecular weight is 245 g/mol. The number of hydrogen-bond acceptors (Lipinski definition) is 1. The summed E-state index contributed by atoms with van der Waals surface area (Å²) in [5.41, 5.74) is 1.27. The third-order valence-electron chi connectivity index (χ3n) is 2.00. The van der Waals surface area contributed by atoms with Crippen molar-refractivity contribution in [1.29, 1.82) is 0 Å². The van der Waals surface area contributed by atoms with Gasteiger partial charge in [-0.3, -0.25) is 0 Å². The fourth-order valence-electron chi connectivity index (χ4n) is 1.09. The Morgan fingerprint density at radius 1 is 1.54 bits per heavy atom. The van der Waals surface area contributed by atoms with E-state index < -0.39 is 0 Å². The first-order chi connectivity index (χ1) is 6.07. The lowest BCUT2D eigenvalue weighted by Gasteiger charge is -2.09. The first-order valence-electron chi connectivity index (χ1n) is 3.97. The molecule has 0 aliphatic heterocycles. The van der Waals surface area contributed by atoms with Crippen molar-refractivity contribution in [3.8, 4) is 0 Å². The van der Waals surface area contributed by atoms with Crippen LogP contribution in [0.2, 0.25) is 0 Å². The van der Waals surface area contributed by atoms with E-state index in [4.69, 9.17) is 0 Å². The molecule has 0 amide bonds. The molecule has 0 bridgehead atoms. The molecule has 0 spiro atoms. The van der Waals surface area contributed by atoms with Crippen molar-refractivity contribution in [2.75, 3.05) is 0 Å². The van der Waals surface area contributed by atoms with Gasteiger partial charge >= 0.3 is 0 Å². The average Bonchev–Trinajstić information content (AvgIpc) is 2.13. The summed E-state index contributed by atoms with van der Waals surface area (Å²) in [7, 11) is 0. The summed E-state index contributed by atoms with van der Waals surface area (Å²) in [6, 6.07) is 3.44. The topological polar surface area (TPSA) is 17.1 Å². The van der Waals surface area contributed by atoms with Crippen LogP contribution in [0.5, 0.6) is 0 Å². The number of halogens is 2. The smallest absolute Gasteiger partial charge is 0.140 e. The van der Waals surface area contributed by atoms with Gasteiger partial charge in [-0.25, -0.2) is 4.39 Å². The van der Waals surface area contributed by atoms with E-state index in [1.807, 2.05) is 0 Å². The minimum absolute atomic E-state index is 0.274. The third kappa shape index (κ3) is 1.97. The molecule has 13 heavy (non-hydrogen) atoms. The number of carbonyl (C=O) groups excluding carboxylic acids is 1. The largest absolute Gasteiger partial charge is 0.303 e. The van der Waals surface area contributed by atoms with E-state index in [9.17, 15) is 9.18 Å². The molecule has 3 heteroatoms. The highest BCUT2D eigenvalue weighted by molar-refractivity contribution is 9.10. The van der Waals surface area contributed by atoms with Crippen LogP contribution in [-0.4, -0.2) is 6.29 Å². The van der Waals surface area contributed by atoms with Gasteiger partial charge < -0.3 is 4.79 Å². The van der Waals surface area contributed by atoms with Crippen LogP contribution in [-0.2, 0) is 4.79 Å². The Morgan fingerprint density at radius 2 is 2.15 bits per heavy atom. The third-order valence-corrected chi connectivity index (χ3v) is 2.81. The highest BCUT2D eigenvalue weighted by Gasteiger charge is 2.12. The molecular weight excluding hydrogens is 235 g/mol. The van der Waals surface area contributed by atoms with Crippen LogP contribution < -0.4 is 0 Å². The predicted octanol–water partition coefficient (Wildman–Crippen LogP) is 3.20. The van der Waals surface area contributed by atoms with E-state index in [1.54, 1.807) is 26.0 Å². The summed E-state index contributed by atoms with van der Waals surface area (Å²) in [5.74, 6) is -0.560. The maximum Gasteiger partial charge on any atom is 0.140 e. The van der Waals surface area contributed by atoms with Gasteiger partial charge in [-0.15, -0.1) is 0 Å². The van der Waals surface area contributed by atoms with Gasteiger partial charge in [0, 0.05) is 5.92 Å². The summed E-state index contributed by atoms with van der Waals surface area (Å²) < 4.78 is 13.7.